The quantitative estimate of drug-likeness (QED) is 0.738. The fraction of sp³-hybridized carbons (Fsp3) is 0.364. The van der Waals surface area contributed by atoms with Crippen molar-refractivity contribution in [1.29, 1.82) is 0 Å². The molecule has 4 heteroatoms. The first-order chi connectivity index (χ1) is 6.92. The fourth-order valence-corrected chi connectivity index (χ4v) is 1.72. The maximum Gasteiger partial charge on any atom is 0.339 e. The number of rotatable bonds is 1. The summed E-state index contributed by atoms with van der Waals surface area (Å²) in [7, 11) is 0. The third-order valence-electron chi connectivity index (χ3n) is 2.65. The summed E-state index contributed by atoms with van der Waals surface area (Å²) in [6.07, 6.45) is 0. The van der Waals surface area contributed by atoms with Crippen LogP contribution in [0.2, 0.25) is 0 Å². The zero-order chi connectivity index (χ0) is 11.2. The van der Waals surface area contributed by atoms with E-state index in [1.54, 1.807) is 0 Å². The number of carboxylic acid groups (broad SMARTS) is 1. The molecule has 0 unspecified atom stereocenters. The lowest BCUT2D eigenvalue weighted by atomic mass is 9.86. The molecular weight excluding hydrogens is 196 g/mol. The summed E-state index contributed by atoms with van der Waals surface area (Å²) in [6.45, 7) is 4.45. The molecule has 0 saturated carbocycles. The molecule has 0 bridgehead atoms. The lowest BCUT2D eigenvalue weighted by Crippen LogP contribution is -2.18. The summed E-state index contributed by atoms with van der Waals surface area (Å²) in [5.41, 5.74) is 0.553. The second-order valence-electron chi connectivity index (χ2n) is 4.34. The Bertz CT molecular complexity index is 434. The molecule has 0 radical (unpaired) electrons. The highest BCUT2D eigenvalue weighted by atomic mass is 16.5. The van der Waals surface area contributed by atoms with Gasteiger partial charge in [0.05, 0.1) is 6.61 Å². The van der Waals surface area contributed by atoms with E-state index in [4.69, 9.17) is 9.84 Å². The number of carbonyl (C=O) groups is 1. The lowest BCUT2D eigenvalue weighted by molar-refractivity contribution is 0.0693. The molecule has 4 nitrogen and oxygen atoms in total. The van der Waals surface area contributed by atoms with E-state index in [-0.39, 0.29) is 16.7 Å². The zero-order valence-corrected chi connectivity index (χ0v) is 8.57. The van der Waals surface area contributed by atoms with E-state index in [2.05, 4.69) is 0 Å². The smallest absolute Gasteiger partial charge is 0.339 e. The van der Waals surface area contributed by atoms with Crippen molar-refractivity contribution in [1.82, 2.24) is 0 Å². The highest BCUT2D eigenvalue weighted by molar-refractivity contribution is 5.91. The second kappa shape index (κ2) is 2.89. The van der Waals surface area contributed by atoms with Crippen molar-refractivity contribution in [2.45, 2.75) is 19.3 Å². The van der Waals surface area contributed by atoms with Crippen molar-refractivity contribution < 1.29 is 19.7 Å². The largest absolute Gasteiger partial charge is 0.507 e. The normalized spacial score (nSPS) is 16.9. The van der Waals surface area contributed by atoms with Gasteiger partial charge in [0.2, 0.25) is 0 Å². The Kier molecular flexibility index (Phi) is 1.89. The molecule has 1 heterocycles. The molecule has 0 spiro atoms. The second-order valence-corrected chi connectivity index (χ2v) is 4.34. The van der Waals surface area contributed by atoms with Crippen molar-refractivity contribution in [2.75, 3.05) is 6.61 Å². The van der Waals surface area contributed by atoms with E-state index in [9.17, 15) is 9.90 Å². The standard InChI is InChI=1S/C11H12O4/c1-11(2)5-15-9-4-8(12)6(10(13)14)3-7(9)11/h3-4,12H,5H2,1-2H3,(H,13,14). The van der Waals surface area contributed by atoms with Crippen LogP contribution < -0.4 is 4.74 Å². The fourth-order valence-electron chi connectivity index (χ4n) is 1.72. The van der Waals surface area contributed by atoms with Gasteiger partial charge in [-0.1, -0.05) is 13.8 Å². The maximum absolute atomic E-state index is 10.8. The van der Waals surface area contributed by atoms with E-state index in [0.717, 1.165) is 5.56 Å². The number of phenols is 1. The molecule has 80 valence electrons. The van der Waals surface area contributed by atoms with Gasteiger partial charge in [0, 0.05) is 17.0 Å². The SMILES string of the molecule is CC1(C)COc2cc(O)c(C(=O)O)cc21. The summed E-state index contributed by atoms with van der Waals surface area (Å²) in [5, 5.41) is 18.3. The minimum absolute atomic E-state index is 0.0766. The first-order valence-corrected chi connectivity index (χ1v) is 4.65. The minimum atomic E-state index is -1.13. The summed E-state index contributed by atoms with van der Waals surface area (Å²) in [5.74, 6) is -0.806. The van der Waals surface area contributed by atoms with Crippen LogP contribution in [0.1, 0.15) is 29.8 Å². The molecule has 1 aromatic rings. The Labute approximate surface area is 87.1 Å². The number of ether oxygens (including phenoxy) is 1. The number of carboxylic acids is 1. The number of benzene rings is 1. The van der Waals surface area contributed by atoms with Crippen molar-refractivity contribution >= 4 is 5.97 Å². The van der Waals surface area contributed by atoms with Crippen LogP contribution in [0.15, 0.2) is 12.1 Å². The van der Waals surface area contributed by atoms with Crippen LogP contribution in [-0.2, 0) is 5.41 Å². The third kappa shape index (κ3) is 1.42. The summed E-state index contributed by atoms with van der Waals surface area (Å²) >= 11 is 0. The van der Waals surface area contributed by atoms with Gasteiger partial charge in [-0.15, -0.1) is 0 Å². The molecule has 0 amide bonds. The average Bonchev–Trinajstić information content (AvgIpc) is 2.40. The molecule has 0 aromatic heterocycles. The molecule has 1 aliphatic rings. The highest BCUT2D eigenvalue weighted by Crippen LogP contribution is 2.41. The minimum Gasteiger partial charge on any atom is -0.507 e. The molecule has 1 aliphatic heterocycles. The molecule has 0 saturated heterocycles. The van der Waals surface area contributed by atoms with Crippen LogP contribution in [0.25, 0.3) is 0 Å². The van der Waals surface area contributed by atoms with E-state index in [1.807, 2.05) is 13.8 Å². The molecule has 0 fully saturated rings. The molecule has 0 atom stereocenters. The molecule has 1 aromatic carbocycles. The summed E-state index contributed by atoms with van der Waals surface area (Å²) in [4.78, 5) is 10.8. The lowest BCUT2D eigenvalue weighted by Gasteiger charge is -2.15. The Balaban J connectivity index is 2.62. The third-order valence-corrected chi connectivity index (χ3v) is 2.65. The van der Waals surface area contributed by atoms with E-state index in [0.29, 0.717) is 12.4 Å². The Morgan fingerprint density at radius 2 is 2.13 bits per heavy atom. The number of fused-ring (bicyclic) bond motifs is 1. The van der Waals surface area contributed by atoms with Crippen LogP contribution in [0, 0.1) is 0 Å². The van der Waals surface area contributed by atoms with E-state index in [1.165, 1.54) is 12.1 Å². The van der Waals surface area contributed by atoms with Crippen molar-refractivity contribution in [2.24, 2.45) is 0 Å². The first-order valence-electron chi connectivity index (χ1n) is 4.65. The summed E-state index contributed by atoms with van der Waals surface area (Å²) in [6, 6.07) is 2.85. The van der Waals surface area contributed by atoms with Crippen molar-refractivity contribution in [3.8, 4) is 11.5 Å². The van der Waals surface area contributed by atoms with Gasteiger partial charge in [-0.05, 0) is 6.07 Å². The van der Waals surface area contributed by atoms with Crippen LogP contribution in [0.5, 0.6) is 11.5 Å². The van der Waals surface area contributed by atoms with Crippen LogP contribution in [0.3, 0.4) is 0 Å². The van der Waals surface area contributed by atoms with Gasteiger partial charge < -0.3 is 14.9 Å². The van der Waals surface area contributed by atoms with Gasteiger partial charge >= 0.3 is 5.97 Å². The number of hydrogen-bond donors (Lipinski definition) is 2. The van der Waals surface area contributed by atoms with E-state index >= 15 is 0 Å². The van der Waals surface area contributed by atoms with Crippen LogP contribution in [-0.4, -0.2) is 22.8 Å². The molecule has 2 rings (SSSR count). The highest BCUT2D eigenvalue weighted by Gasteiger charge is 2.33. The van der Waals surface area contributed by atoms with Gasteiger partial charge in [-0.25, -0.2) is 4.79 Å². The zero-order valence-electron chi connectivity index (χ0n) is 8.57. The van der Waals surface area contributed by atoms with Crippen molar-refractivity contribution in [3.63, 3.8) is 0 Å². The van der Waals surface area contributed by atoms with Gasteiger partial charge in [-0.3, -0.25) is 0 Å². The first kappa shape index (κ1) is 9.83. The summed E-state index contributed by atoms with van der Waals surface area (Å²) < 4.78 is 5.38. The maximum atomic E-state index is 10.8. The Morgan fingerprint density at radius 1 is 1.47 bits per heavy atom. The molecule has 2 N–H and O–H groups in total. The Morgan fingerprint density at radius 3 is 2.73 bits per heavy atom. The average molecular weight is 208 g/mol. The van der Waals surface area contributed by atoms with Gasteiger partial charge in [-0.2, -0.15) is 0 Å². The monoisotopic (exact) mass is 208 g/mol. The van der Waals surface area contributed by atoms with Crippen LogP contribution >= 0.6 is 0 Å². The Hall–Kier alpha value is -1.71. The van der Waals surface area contributed by atoms with Gasteiger partial charge in [0.25, 0.3) is 0 Å². The van der Waals surface area contributed by atoms with Gasteiger partial charge in [0.1, 0.15) is 17.1 Å². The molecule has 15 heavy (non-hydrogen) atoms. The number of aromatic hydroxyl groups is 1. The molecule has 0 aliphatic carbocycles. The van der Waals surface area contributed by atoms with Gasteiger partial charge in [0.15, 0.2) is 0 Å². The number of hydrogen-bond acceptors (Lipinski definition) is 3. The number of aromatic carboxylic acids is 1. The van der Waals surface area contributed by atoms with Crippen LogP contribution in [0.4, 0.5) is 0 Å². The van der Waals surface area contributed by atoms with E-state index < -0.39 is 5.97 Å². The predicted molar refractivity (Wildman–Crippen MR) is 53.6 cm³/mol. The predicted octanol–water partition coefficient (Wildman–Crippen LogP) is 1.76. The van der Waals surface area contributed by atoms with Crippen molar-refractivity contribution in [3.05, 3.63) is 23.3 Å². The molecular formula is C11H12O4. The topological polar surface area (TPSA) is 66.8 Å².